The molecule has 0 aliphatic rings. The zero-order chi connectivity index (χ0) is 14.1. The number of ether oxygens (including phenoxy) is 3. The number of aliphatic hydroxyl groups is 1. The first-order chi connectivity index (χ1) is 9.22. The van der Waals surface area contributed by atoms with Crippen LogP contribution >= 0.6 is 0 Å². The fraction of sp³-hybridized carbons (Fsp3) is 0.643. The lowest BCUT2D eigenvalue weighted by molar-refractivity contribution is -0.191. The average Bonchev–Trinajstić information content (AvgIpc) is 2.44. The van der Waals surface area contributed by atoms with E-state index in [4.69, 9.17) is 14.2 Å². The standard InChI is InChI=1S/C14H23NO4/c1-4-7-19-12-8-11(9-15-10-12)13(16)14(17-5-2)18-6-3/h8-10,13-14,16H,4-7H2,1-3H3. The summed E-state index contributed by atoms with van der Waals surface area (Å²) >= 11 is 0. The summed E-state index contributed by atoms with van der Waals surface area (Å²) in [5, 5.41) is 10.2. The van der Waals surface area contributed by atoms with Gasteiger partial charge in [-0.05, 0) is 26.3 Å². The van der Waals surface area contributed by atoms with Gasteiger partial charge in [0.2, 0.25) is 0 Å². The van der Waals surface area contributed by atoms with Crippen molar-refractivity contribution in [2.24, 2.45) is 0 Å². The van der Waals surface area contributed by atoms with Gasteiger partial charge in [-0.2, -0.15) is 0 Å². The molecule has 1 heterocycles. The van der Waals surface area contributed by atoms with Crippen LogP contribution in [0.15, 0.2) is 18.5 Å². The second-order valence-electron chi connectivity index (χ2n) is 4.03. The van der Waals surface area contributed by atoms with E-state index in [9.17, 15) is 5.11 Å². The molecule has 1 unspecified atom stereocenters. The Morgan fingerprint density at radius 1 is 1.16 bits per heavy atom. The molecule has 0 amide bonds. The van der Waals surface area contributed by atoms with Crippen molar-refractivity contribution in [2.45, 2.75) is 39.6 Å². The van der Waals surface area contributed by atoms with Crippen molar-refractivity contribution in [1.29, 1.82) is 0 Å². The quantitative estimate of drug-likeness (QED) is 0.697. The lowest BCUT2D eigenvalue weighted by atomic mass is 10.1. The molecular formula is C14H23NO4. The summed E-state index contributed by atoms with van der Waals surface area (Å²) in [5.74, 6) is 0.644. The molecule has 0 spiro atoms. The maximum atomic E-state index is 10.2. The van der Waals surface area contributed by atoms with Crippen molar-refractivity contribution in [2.75, 3.05) is 19.8 Å². The Bertz CT molecular complexity index is 353. The highest BCUT2D eigenvalue weighted by molar-refractivity contribution is 5.25. The number of hydrogen-bond acceptors (Lipinski definition) is 5. The topological polar surface area (TPSA) is 60.8 Å². The van der Waals surface area contributed by atoms with Crippen LogP contribution in [-0.2, 0) is 9.47 Å². The summed E-state index contributed by atoms with van der Waals surface area (Å²) in [7, 11) is 0. The molecule has 1 rings (SSSR count). The van der Waals surface area contributed by atoms with Crippen molar-refractivity contribution in [3.63, 3.8) is 0 Å². The van der Waals surface area contributed by atoms with E-state index >= 15 is 0 Å². The highest BCUT2D eigenvalue weighted by Crippen LogP contribution is 2.23. The fourth-order valence-electron chi connectivity index (χ4n) is 1.61. The van der Waals surface area contributed by atoms with Gasteiger partial charge in [0.15, 0.2) is 6.29 Å². The summed E-state index contributed by atoms with van der Waals surface area (Å²) in [5.41, 5.74) is 0.625. The van der Waals surface area contributed by atoms with Gasteiger partial charge in [0.05, 0.1) is 12.8 Å². The SMILES string of the molecule is CCCOc1cncc(C(O)C(OCC)OCC)c1. The third kappa shape index (κ3) is 5.14. The molecule has 1 aromatic heterocycles. The molecule has 0 saturated heterocycles. The third-order valence-electron chi connectivity index (χ3n) is 2.47. The molecular weight excluding hydrogens is 246 g/mol. The molecule has 0 radical (unpaired) electrons. The second-order valence-corrected chi connectivity index (χ2v) is 4.03. The van der Waals surface area contributed by atoms with E-state index in [0.29, 0.717) is 31.1 Å². The van der Waals surface area contributed by atoms with E-state index in [-0.39, 0.29) is 0 Å². The number of nitrogens with zero attached hydrogens (tertiary/aromatic N) is 1. The van der Waals surface area contributed by atoms with Crippen LogP contribution in [0.25, 0.3) is 0 Å². The highest BCUT2D eigenvalue weighted by atomic mass is 16.7. The number of aliphatic hydroxyl groups excluding tert-OH is 1. The van der Waals surface area contributed by atoms with Crippen LogP contribution in [0.2, 0.25) is 0 Å². The molecule has 0 aliphatic heterocycles. The molecule has 5 heteroatoms. The van der Waals surface area contributed by atoms with Crippen LogP contribution in [0.4, 0.5) is 0 Å². The molecule has 1 atom stereocenters. The van der Waals surface area contributed by atoms with Crippen LogP contribution in [0.3, 0.4) is 0 Å². The highest BCUT2D eigenvalue weighted by Gasteiger charge is 2.22. The lowest BCUT2D eigenvalue weighted by Gasteiger charge is -2.22. The van der Waals surface area contributed by atoms with Gasteiger partial charge in [-0.1, -0.05) is 6.92 Å². The van der Waals surface area contributed by atoms with E-state index in [1.165, 1.54) is 0 Å². The second kappa shape index (κ2) is 8.85. The maximum Gasteiger partial charge on any atom is 0.187 e. The fourth-order valence-corrected chi connectivity index (χ4v) is 1.61. The summed E-state index contributed by atoms with van der Waals surface area (Å²) < 4.78 is 16.2. The molecule has 108 valence electrons. The zero-order valence-corrected chi connectivity index (χ0v) is 11.8. The summed E-state index contributed by atoms with van der Waals surface area (Å²) in [6.45, 7) is 7.33. The molecule has 1 N–H and O–H groups in total. The number of aromatic nitrogens is 1. The van der Waals surface area contributed by atoms with Crippen LogP contribution < -0.4 is 4.74 Å². The van der Waals surface area contributed by atoms with Crippen molar-refractivity contribution >= 4 is 0 Å². The van der Waals surface area contributed by atoms with Crippen LogP contribution in [0.1, 0.15) is 38.9 Å². The van der Waals surface area contributed by atoms with E-state index in [2.05, 4.69) is 4.98 Å². The van der Waals surface area contributed by atoms with Crippen LogP contribution in [-0.4, -0.2) is 36.2 Å². The normalized spacial score (nSPS) is 12.7. The van der Waals surface area contributed by atoms with Crippen LogP contribution in [0, 0.1) is 0 Å². The molecule has 5 nitrogen and oxygen atoms in total. The largest absolute Gasteiger partial charge is 0.492 e. The molecule has 0 fully saturated rings. The van der Waals surface area contributed by atoms with Crippen molar-refractivity contribution < 1.29 is 19.3 Å². The van der Waals surface area contributed by atoms with Gasteiger partial charge in [-0.15, -0.1) is 0 Å². The van der Waals surface area contributed by atoms with Crippen molar-refractivity contribution in [3.05, 3.63) is 24.0 Å². The predicted molar refractivity (Wildman–Crippen MR) is 72.0 cm³/mol. The van der Waals surface area contributed by atoms with Crippen LogP contribution in [0.5, 0.6) is 5.75 Å². The monoisotopic (exact) mass is 269 g/mol. The Morgan fingerprint density at radius 3 is 2.42 bits per heavy atom. The summed E-state index contributed by atoms with van der Waals surface area (Å²) in [6, 6.07) is 1.76. The molecule has 19 heavy (non-hydrogen) atoms. The Labute approximate surface area is 114 Å². The van der Waals surface area contributed by atoms with Crippen molar-refractivity contribution in [3.8, 4) is 5.75 Å². The molecule has 0 aromatic carbocycles. The van der Waals surface area contributed by atoms with Gasteiger partial charge in [-0.3, -0.25) is 4.98 Å². The number of hydrogen-bond donors (Lipinski definition) is 1. The van der Waals surface area contributed by atoms with Crippen molar-refractivity contribution in [1.82, 2.24) is 4.98 Å². The Morgan fingerprint density at radius 2 is 1.84 bits per heavy atom. The van der Waals surface area contributed by atoms with Gasteiger partial charge in [0, 0.05) is 25.0 Å². The minimum absolute atomic E-state index is 0.473. The Balaban J connectivity index is 2.75. The minimum Gasteiger partial charge on any atom is -0.492 e. The van der Waals surface area contributed by atoms with E-state index in [1.807, 2.05) is 20.8 Å². The van der Waals surface area contributed by atoms with Gasteiger partial charge in [0.25, 0.3) is 0 Å². The van der Waals surface area contributed by atoms with Gasteiger partial charge < -0.3 is 19.3 Å². The van der Waals surface area contributed by atoms with Gasteiger partial charge in [0.1, 0.15) is 11.9 Å². The first-order valence-electron chi connectivity index (χ1n) is 6.71. The molecule has 0 bridgehead atoms. The average molecular weight is 269 g/mol. The molecule has 0 aliphatic carbocycles. The Hall–Kier alpha value is -1.17. The first kappa shape index (κ1) is 15.9. The number of rotatable bonds is 9. The molecule has 1 aromatic rings. The predicted octanol–water partition coefficient (Wildman–Crippen LogP) is 2.30. The van der Waals surface area contributed by atoms with E-state index in [0.717, 1.165) is 6.42 Å². The molecule has 0 saturated carbocycles. The third-order valence-corrected chi connectivity index (χ3v) is 2.47. The summed E-state index contributed by atoms with van der Waals surface area (Å²) in [6.07, 6.45) is 2.58. The smallest absolute Gasteiger partial charge is 0.187 e. The number of pyridine rings is 1. The maximum absolute atomic E-state index is 10.2. The van der Waals surface area contributed by atoms with E-state index < -0.39 is 12.4 Å². The van der Waals surface area contributed by atoms with Gasteiger partial charge >= 0.3 is 0 Å². The first-order valence-corrected chi connectivity index (χ1v) is 6.71. The van der Waals surface area contributed by atoms with Gasteiger partial charge in [-0.25, -0.2) is 0 Å². The van der Waals surface area contributed by atoms with E-state index in [1.54, 1.807) is 18.5 Å². The zero-order valence-electron chi connectivity index (χ0n) is 11.8. The minimum atomic E-state index is -0.877. The lowest BCUT2D eigenvalue weighted by Crippen LogP contribution is -2.25. The Kier molecular flexibility index (Phi) is 7.40. The summed E-state index contributed by atoms with van der Waals surface area (Å²) in [4.78, 5) is 4.07.